The lowest BCUT2D eigenvalue weighted by Crippen LogP contribution is -2.03. The second-order valence-corrected chi connectivity index (χ2v) is 9.70. The SMILES string of the molecule is C1=CC2=C(c3ccccn3)C3=NC(=C(c4ccccn4)c4ccc([nH]4)C4=NC(=C(c5ccccn5)C1=N2)C=C4)C=C3. The Bertz CT molecular complexity index is 2000. The number of aliphatic imine (C=N–C) groups is 3. The maximum Gasteiger partial charge on any atom is 0.0872 e. The minimum atomic E-state index is 0.777. The molecule has 1 N–H and O–H groups in total. The van der Waals surface area contributed by atoms with Gasteiger partial charge in [-0.1, -0.05) is 18.2 Å². The molecule has 0 aliphatic carbocycles. The third-order valence-corrected chi connectivity index (χ3v) is 7.20. The van der Waals surface area contributed by atoms with Crippen molar-refractivity contribution < 1.29 is 0 Å². The first-order chi connectivity index (χ1) is 20.3. The van der Waals surface area contributed by atoms with Crippen molar-refractivity contribution in [2.75, 3.05) is 0 Å². The van der Waals surface area contributed by atoms with Gasteiger partial charge < -0.3 is 4.98 Å². The molecule has 4 aromatic rings. The molecule has 0 unspecified atom stereocenters. The van der Waals surface area contributed by atoms with Gasteiger partial charge in [0.1, 0.15) is 0 Å². The first kappa shape index (κ1) is 23.1. The second-order valence-electron chi connectivity index (χ2n) is 9.70. The van der Waals surface area contributed by atoms with E-state index in [0.717, 1.165) is 79.4 Å². The van der Waals surface area contributed by atoms with Crippen molar-refractivity contribution in [3.05, 3.63) is 167 Å². The molecule has 4 aliphatic heterocycles. The Morgan fingerprint density at radius 1 is 0.390 bits per heavy atom. The van der Waals surface area contributed by atoms with Crippen LogP contribution in [-0.4, -0.2) is 37.1 Å². The fourth-order valence-electron chi connectivity index (χ4n) is 5.35. The predicted octanol–water partition coefficient (Wildman–Crippen LogP) is 6.18. The average molecular weight is 528 g/mol. The number of allylic oxidation sites excluding steroid dienone is 8. The number of pyridine rings is 3. The number of fused-ring (bicyclic) bond motifs is 6. The molecule has 0 saturated heterocycles. The van der Waals surface area contributed by atoms with Crippen molar-refractivity contribution in [2.45, 2.75) is 0 Å². The van der Waals surface area contributed by atoms with E-state index in [1.54, 1.807) is 18.6 Å². The Balaban J connectivity index is 1.45. The highest BCUT2D eigenvalue weighted by Gasteiger charge is 2.26. The van der Waals surface area contributed by atoms with Crippen molar-refractivity contribution >= 4 is 33.9 Å². The maximum absolute atomic E-state index is 5.14. The molecule has 4 aromatic heterocycles. The van der Waals surface area contributed by atoms with E-state index in [1.165, 1.54) is 0 Å². The van der Waals surface area contributed by atoms with Crippen LogP contribution in [0.1, 0.15) is 28.5 Å². The van der Waals surface area contributed by atoms with Gasteiger partial charge in [-0.2, -0.15) is 0 Å². The van der Waals surface area contributed by atoms with Crippen molar-refractivity contribution in [1.82, 2.24) is 19.9 Å². The normalized spacial score (nSPS) is 17.1. The standard InChI is InChI=1S/C34H21N7/c1-4-18-35-23(7-1)32-26-12-10-21(38-26)22-11-13-27(39-22)33(24-8-2-5-19-36-24)29-15-17-31(41-29)34(25-9-3-6-20-37-25)30-16-14-28(32)40-30/h1-20,38H. The molecular weight excluding hydrogens is 506 g/mol. The van der Waals surface area contributed by atoms with Gasteiger partial charge in [0.15, 0.2) is 0 Å². The van der Waals surface area contributed by atoms with E-state index in [1.807, 2.05) is 97.1 Å². The molecule has 4 aliphatic rings. The molecule has 0 fully saturated rings. The fourth-order valence-corrected chi connectivity index (χ4v) is 5.35. The number of rotatable bonds is 3. The molecule has 41 heavy (non-hydrogen) atoms. The molecule has 8 bridgehead atoms. The summed E-state index contributed by atoms with van der Waals surface area (Å²) in [7, 11) is 0. The molecular formula is C34H21N7. The minimum absolute atomic E-state index is 0.777. The van der Waals surface area contributed by atoms with Gasteiger partial charge in [0.05, 0.1) is 73.8 Å². The molecule has 7 nitrogen and oxygen atoms in total. The second kappa shape index (κ2) is 9.43. The van der Waals surface area contributed by atoms with Crippen LogP contribution in [0.15, 0.2) is 154 Å². The van der Waals surface area contributed by atoms with E-state index >= 15 is 0 Å². The van der Waals surface area contributed by atoms with Gasteiger partial charge in [0, 0.05) is 24.2 Å². The molecule has 192 valence electrons. The number of nitrogens with one attached hydrogen (secondary N) is 1. The monoisotopic (exact) mass is 527 g/mol. The van der Waals surface area contributed by atoms with E-state index in [9.17, 15) is 0 Å². The smallest absolute Gasteiger partial charge is 0.0872 e. The number of aromatic amines is 1. The number of hydrogen-bond donors (Lipinski definition) is 1. The molecule has 0 saturated carbocycles. The summed E-state index contributed by atoms with van der Waals surface area (Å²) in [6.07, 6.45) is 17.5. The van der Waals surface area contributed by atoms with Crippen LogP contribution in [0, 0.1) is 0 Å². The van der Waals surface area contributed by atoms with Crippen LogP contribution in [0.3, 0.4) is 0 Å². The van der Waals surface area contributed by atoms with Gasteiger partial charge >= 0.3 is 0 Å². The Morgan fingerprint density at radius 2 is 0.829 bits per heavy atom. The third kappa shape index (κ3) is 3.99. The highest BCUT2D eigenvalue weighted by atomic mass is 14.9. The summed E-state index contributed by atoms with van der Waals surface area (Å²) >= 11 is 0. The third-order valence-electron chi connectivity index (χ3n) is 7.20. The van der Waals surface area contributed by atoms with Crippen LogP contribution in [0.2, 0.25) is 0 Å². The van der Waals surface area contributed by atoms with Gasteiger partial charge in [0.25, 0.3) is 0 Å². The van der Waals surface area contributed by atoms with Crippen LogP contribution in [0.5, 0.6) is 0 Å². The average Bonchev–Trinajstić information content (AvgIpc) is 3.84. The zero-order chi connectivity index (χ0) is 27.2. The molecule has 8 heterocycles. The predicted molar refractivity (Wildman–Crippen MR) is 162 cm³/mol. The van der Waals surface area contributed by atoms with Crippen molar-refractivity contribution in [3.8, 4) is 0 Å². The lowest BCUT2D eigenvalue weighted by molar-refractivity contribution is 1.22. The lowest BCUT2D eigenvalue weighted by atomic mass is 10.0. The maximum atomic E-state index is 5.14. The van der Waals surface area contributed by atoms with Crippen molar-refractivity contribution in [1.29, 1.82) is 0 Å². The van der Waals surface area contributed by atoms with Crippen LogP contribution >= 0.6 is 0 Å². The summed E-state index contributed by atoms with van der Waals surface area (Å²) in [5, 5.41) is 0. The summed E-state index contributed by atoms with van der Waals surface area (Å²) in [6.45, 7) is 0. The minimum Gasteiger partial charge on any atom is -0.353 e. The summed E-state index contributed by atoms with van der Waals surface area (Å²) < 4.78 is 0. The van der Waals surface area contributed by atoms with E-state index in [2.05, 4.69) is 26.0 Å². The highest BCUT2D eigenvalue weighted by Crippen LogP contribution is 2.35. The molecule has 0 atom stereocenters. The van der Waals surface area contributed by atoms with Gasteiger partial charge in [0.2, 0.25) is 0 Å². The Labute approximate surface area is 235 Å². The molecule has 7 heteroatoms. The number of aromatic nitrogens is 4. The summed E-state index contributed by atoms with van der Waals surface area (Å²) in [6, 6.07) is 21.8. The Morgan fingerprint density at radius 3 is 1.34 bits per heavy atom. The highest BCUT2D eigenvalue weighted by molar-refractivity contribution is 6.35. The Kier molecular flexibility index (Phi) is 5.31. The van der Waals surface area contributed by atoms with E-state index in [4.69, 9.17) is 15.0 Å². The van der Waals surface area contributed by atoms with E-state index in [-0.39, 0.29) is 0 Å². The van der Waals surface area contributed by atoms with Crippen LogP contribution in [-0.2, 0) is 0 Å². The van der Waals surface area contributed by atoms with Gasteiger partial charge in [-0.25, -0.2) is 15.0 Å². The number of nitrogens with zero attached hydrogens (tertiary/aromatic N) is 6. The fraction of sp³-hybridized carbons (Fsp3) is 0. The quantitative estimate of drug-likeness (QED) is 0.345. The summed E-state index contributed by atoms with van der Waals surface area (Å²) in [4.78, 5) is 32.9. The number of hydrogen-bond acceptors (Lipinski definition) is 6. The van der Waals surface area contributed by atoms with Gasteiger partial charge in [-0.15, -0.1) is 0 Å². The van der Waals surface area contributed by atoms with E-state index in [0.29, 0.717) is 0 Å². The van der Waals surface area contributed by atoms with Crippen LogP contribution in [0.25, 0.3) is 16.7 Å². The van der Waals surface area contributed by atoms with Crippen LogP contribution in [0.4, 0.5) is 0 Å². The molecule has 0 amide bonds. The summed E-state index contributed by atoms with van der Waals surface area (Å²) in [5.74, 6) is 0. The molecule has 0 spiro atoms. The zero-order valence-electron chi connectivity index (χ0n) is 21.7. The molecule has 0 radical (unpaired) electrons. The number of H-pyrrole nitrogens is 1. The molecule has 8 rings (SSSR count). The zero-order valence-corrected chi connectivity index (χ0v) is 21.7. The van der Waals surface area contributed by atoms with Crippen molar-refractivity contribution in [3.63, 3.8) is 0 Å². The molecule has 0 aromatic carbocycles. The van der Waals surface area contributed by atoms with E-state index < -0.39 is 0 Å². The first-order valence-corrected chi connectivity index (χ1v) is 13.3. The topological polar surface area (TPSA) is 91.5 Å². The van der Waals surface area contributed by atoms with Gasteiger partial charge in [-0.05, 0) is 85.0 Å². The largest absolute Gasteiger partial charge is 0.353 e. The Hall–Kier alpha value is -5.82. The first-order valence-electron chi connectivity index (χ1n) is 13.3. The summed E-state index contributed by atoms with van der Waals surface area (Å²) in [5.41, 5.74) is 11.6. The lowest BCUT2D eigenvalue weighted by Gasteiger charge is -2.10. The van der Waals surface area contributed by atoms with Crippen LogP contribution < -0.4 is 0 Å². The van der Waals surface area contributed by atoms with Crippen molar-refractivity contribution in [2.24, 2.45) is 15.0 Å². The van der Waals surface area contributed by atoms with Gasteiger partial charge in [-0.3, -0.25) is 15.0 Å².